The third-order valence-corrected chi connectivity index (χ3v) is 6.00. The predicted molar refractivity (Wildman–Crippen MR) is 119 cm³/mol. The molecule has 0 unspecified atom stereocenters. The molecule has 7 nitrogen and oxygen atoms in total. The van der Waals surface area contributed by atoms with E-state index in [-0.39, 0.29) is 12.4 Å². The number of carbonyl (C=O) groups is 1. The Labute approximate surface area is 180 Å². The van der Waals surface area contributed by atoms with E-state index in [4.69, 9.17) is 0 Å². The van der Waals surface area contributed by atoms with Gasteiger partial charge in [0.1, 0.15) is 5.75 Å². The summed E-state index contributed by atoms with van der Waals surface area (Å²) in [4.78, 5) is 32.2. The van der Waals surface area contributed by atoms with Crippen LogP contribution < -0.4 is 5.56 Å². The SMILES string of the molecule is CCN(C)Cc1[nH]c2cc3c(cc2c1C)CCCc1c-3[nH]c(=O)c(C(=O)O)c1O.Cl. The lowest BCUT2D eigenvalue weighted by Crippen LogP contribution is -2.20. The van der Waals surface area contributed by atoms with Gasteiger partial charge in [0, 0.05) is 34.3 Å². The van der Waals surface area contributed by atoms with E-state index in [2.05, 4.69) is 41.8 Å². The minimum Gasteiger partial charge on any atom is -0.506 e. The minimum absolute atomic E-state index is 0. The summed E-state index contributed by atoms with van der Waals surface area (Å²) >= 11 is 0. The number of pyridine rings is 1. The zero-order valence-corrected chi connectivity index (χ0v) is 18.1. The summed E-state index contributed by atoms with van der Waals surface area (Å²) in [6.45, 7) is 6.00. The van der Waals surface area contributed by atoms with Crippen molar-refractivity contribution in [1.82, 2.24) is 14.9 Å². The maximum atomic E-state index is 12.3. The van der Waals surface area contributed by atoms with Crippen molar-refractivity contribution in [3.05, 3.63) is 50.4 Å². The number of aryl methyl sites for hydroxylation is 2. The van der Waals surface area contributed by atoms with Gasteiger partial charge in [0.25, 0.3) is 5.56 Å². The van der Waals surface area contributed by atoms with Crippen LogP contribution in [0.2, 0.25) is 0 Å². The second-order valence-corrected chi connectivity index (χ2v) is 7.80. The van der Waals surface area contributed by atoms with E-state index in [9.17, 15) is 19.8 Å². The molecule has 0 radical (unpaired) electrons. The van der Waals surface area contributed by atoms with Crippen LogP contribution in [-0.2, 0) is 19.4 Å². The van der Waals surface area contributed by atoms with Crippen LogP contribution in [0.1, 0.15) is 46.1 Å². The lowest BCUT2D eigenvalue weighted by Gasteiger charge is -2.12. The maximum absolute atomic E-state index is 12.3. The van der Waals surface area contributed by atoms with Crippen LogP contribution in [0.4, 0.5) is 0 Å². The van der Waals surface area contributed by atoms with Gasteiger partial charge in [-0.15, -0.1) is 12.4 Å². The molecule has 8 heteroatoms. The van der Waals surface area contributed by atoms with Crippen LogP contribution in [0.15, 0.2) is 16.9 Å². The highest BCUT2D eigenvalue weighted by Gasteiger charge is 2.26. The van der Waals surface area contributed by atoms with Gasteiger partial charge in [-0.05, 0) is 63.0 Å². The third-order valence-electron chi connectivity index (χ3n) is 6.00. The Kier molecular flexibility index (Phi) is 5.97. The number of hydrogen-bond donors (Lipinski definition) is 4. The zero-order chi connectivity index (χ0) is 20.9. The molecule has 4 rings (SSSR count). The number of rotatable bonds is 4. The Hall–Kier alpha value is -2.77. The fourth-order valence-corrected chi connectivity index (χ4v) is 4.21. The summed E-state index contributed by atoms with van der Waals surface area (Å²) in [5, 5.41) is 21.0. The van der Waals surface area contributed by atoms with Crippen molar-refractivity contribution in [2.75, 3.05) is 13.6 Å². The topological polar surface area (TPSA) is 109 Å². The molecule has 0 amide bonds. The van der Waals surface area contributed by atoms with Gasteiger partial charge in [0.2, 0.25) is 0 Å². The number of aromatic nitrogens is 2. The summed E-state index contributed by atoms with van der Waals surface area (Å²) in [6.07, 6.45) is 2.06. The average molecular weight is 432 g/mol. The number of aromatic carboxylic acids is 1. The number of benzene rings is 1. The zero-order valence-electron chi connectivity index (χ0n) is 17.3. The standard InChI is InChI=1S/C22H25N3O4.ClH/c1-4-25(3)10-17-11(2)14-8-12-6-5-7-13-19(15(12)9-16(14)23-17)24-21(27)18(20(13)26)22(28)29;/h8-9,23H,4-7,10H2,1-3H3,(H,28,29)(H2,24,26,27);1H. The van der Waals surface area contributed by atoms with Crippen LogP contribution in [0.3, 0.4) is 0 Å². The van der Waals surface area contributed by atoms with Gasteiger partial charge in [0.05, 0.1) is 5.69 Å². The summed E-state index contributed by atoms with van der Waals surface area (Å²) in [5.41, 5.74) is 4.91. The molecule has 0 aliphatic heterocycles. The quantitative estimate of drug-likeness (QED) is 0.504. The van der Waals surface area contributed by atoms with Crippen LogP contribution in [-0.4, -0.2) is 44.6 Å². The number of aromatic hydroxyl groups is 1. The molecular formula is C22H26ClN3O4. The number of carboxylic acids is 1. The molecule has 160 valence electrons. The van der Waals surface area contributed by atoms with Gasteiger partial charge in [-0.3, -0.25) is 4.79 Å². The van der Waals surface area contributed by atoms with Gasteiger partial charge in [0.15, 0.2) is 5.56 Å². The second-order valence-electron chi connectivity index (χ2n) is 7.80. The van der Waals surface area contributed by atoms with Crippen molar-refractivity contribution in [2.24, 2.45) is 0 Å². The van der Waals surface area contributed by atoms with E-state index in [1.807, 2.05) is 6.07 Å². The molecule has 30 heavy (non-hydrogen) atoms. The van der Waals surface area contributed by atoms with Crippen molar-refractivity contribution >= 4 is 29.3 Å². The van der Waals surface area contributed by atoms with E-state index in [0.717, 1.165) is 53.7 Å². The van der Waals surface area contributed by atoms with Gasteiger partial charge < -0.3 is 25.1 Å². The molecule has 0 saturated carbocycles. The van der Waals surface area contributed by atoms with E-state index in [1.165, 1.54) is 5.56 Å². The maximum Gasteiger partial charge on any atom is 0.345 e. The van der Waals surface area contributed by atoms with E-state index in [0.29, 0.717) is 17.7 Å². The number of aromatic amines is 2. The normalized spacial score (nSPS) is 12.9. The molecule has 0 atom stereocenters. The number of hydrogen-bond acceptors (Lipinski definition) is 4. The monoisotopic (exact) mass is 431 g/mol. The molecular weight excluding hydrogens is 406 g/mol. The Morgan fingerprint density at radius 1 is 1.23 bits per heavy atom. The number of nitrogens with one attached hydrogen (secondary N) is 2. The largest absolute Gasteiger partial charge is 0.506 e. The first-order valence-electron chi connectivity index (χ1n) is 9.86. The van der Waals surface area contributed by atoms with E-state index in [1.54, 1.807) is 0 Å². The van der Waals surface area contributed by atoms with Crippen molar-refractivity contribution in [2.45, 2.75) is 39.7 Å². The second kappa shape index (κ2) is 8.16. The first-order valence-corrected chi connectivity index (χ1v) is 9.86. The third kappa shape index (κ3) is 3.48. The lowest BCUT2D eigenvalue weighted by atomic mass is 9.97. The molecule has 1 aliphatic carbocycles. The molecule has 2 aromatic heterocycles. The van der Waals surface area contributed by atoms with Crippen molar-refractivity contribution < 1.29 is 15.0 Å². The van der Waals surface area contributed by atoms with Crippen molar-refractivity contribution in [1.29, 1.82) is 0 Å². The Bertz CT molecular complexity index is 1200. The molecule has 0 bridgehead atoms. The van der Waals surface area contributed by atoms with Gasteiger partial charge >= 0.3 is 5.97 Å². The van der Waals surface area contributed by atoms with Crippen molar-refractivity contribution in [3.63, 3.8) is 0 Å². The molecule has 1 aromatic carbocycles. The highest BCUT2D eigenvalue weighted by molar-refractivity contribution is 5.94. The predicted octanol–water partition coefficient (Wildman–Crippen LogP) is 3.60. The first kappa shape index (κ1) is 21.9. The van der Waals surface area contributed by atoms with Crippen molar-refractivity contribution in [3.8, 4) is 17.0 Å². The molecule has 2 heterocycles. The summed E-state index contributed by atoms with van der Waals surface area (Å²) in [5.74, 6) is -1.84. The fraction of sp³-hybridized carbons (Fsp3) is 0.364. The van der Waals surface area contributed by atoms with Gasteiger partial charge in [-0.1, -0.05) is 6.92 Å². The average Bonchev–Trinajstić information content (AvgIpc) is 2.85. The number of H-pyrrole nitrogens is 2. The summed E-state index contributed by atoms with van der Waals surface area (Å²) in [7, 11) is 2.07. The Morgan fingerprint density at radius 2 is 1.97 bits per heavy atom. The molecule has 0 spiro atoms. The first-order chi connectivity index (χ1) is 13.8. The van der Waals surface area contributed by atoms with Crippen LogP contribution >= 0.6 is 12.4 Å². The number of fused-ring (bicyclic) bond motifs is 4. The summed E-state index contributed by atoms with van der Waals surface area (Å²) in [6, 6.07) is 4.16. The van der Waals surface area contributed by atoms with E-state index < -0.39 is 22.8 Å². The Morgan fingerprint density at radius 3 is 2.63 bits per heavy atom. The molecule has 0 fully saturated rings. The van der Waals surface area contributed by atoms with Crippen LogP contribution in [0.5, 0.6) is 5.75 Å². The number of nitrogens with zero attached hydrogens (tertiary/aromatic N) is 1. The molecule has 3 aromatic rings. The lowest BCUT2D eigenvalue weighted by molar-refractivity contribution is 0.0691. The van der Waals surface area contributed by atoms with Gasteiger partial charge in [-0.2, -0.15) is 0 Å². The minimum atomic E-state index is -1.42. The fourth-order valence-electron chi connectivity index (χ4n) is 4.21. The smallest absolute Gasteiger partial charge is 0.345 e. The van der Waals surface area contributed by atoms with Crippen LogP contribution in [0, 0.1) is 6.92 Å². The van der Waals surface area contributed by atoms with Crippen LogP contribution in [0.25, 0.3) is 22.2 Å². The molecule has 1 aliphatic rings. The number of halogens is 1. The van der Waals surface area contributed by atoms with E-state index >= 15 is 0 Å². The highest BCUT2D eigenvalue weighted by Crippen LogP contribution is 2.38. The summed E-state index contributed by atoms with van der Waals surface area (Å²) < 4.78 is 0. The molecule has 4 N–H and O–H groups in total. The Balaban J connectivity index is 0.00000256. The highest BCUT2D eigenvalue weighted by atomic mass is 35.5. The van der Waals surface area contributed by atoms with Gasteiger partial charge in [-0.25, -0.2) is 4.79 Å². The number of carboxylic acid groups (broad SMARTS) is 1. The molecule has 0 saturated heterocycles.